The maximum Gasteiger partial charge on any atom is 0.291 e. The van der Waals surface area contributed by atoms with E-state index in [1.54, 1.807) is 4.68 Å². The van der Waals surface area contributed by atoms with E-state index in [1.165, 1.54) is 0 Å². The van der Waals surface area contributed by atoms with E-state index in [4.69, 9.17) is 0 Å². The molecule has 1 unspecified atom stereocenters. The molecular formula is C19H20N4O. The highest BCUT2D eigenvalue weighted by atomic mass is 16.2. The number of carbonyl (C=O) groups is 1. The van der Waals surface area contributed by atoms with Crippen LogP contribution in [0.15, 0.2) is 60.7 Å². The lowest BCUT2D eigenvalue weighted by molar-refractivity contribution is 0.0929. The van der Waals surface area contributed by atoms with Gasteiger partial charge in [0.05, 0.1) is 5.69 Å². The quantitative estimate of drug-likeness (QED) is 0.783. The van der Waals surface area contributed by atoms with Crippen molar-refractivity contribution in [2.75, 3.05) is 0 Å². The second-order valence-corrected chi connectivity index (χ2v) is 5.66. The van der Waals surface area contributed by atoms with Crippen LogP contribution in [-0.4, -0.2) is 26.7 Å². The van der Waals surface area contributed by atoms with Crippen molar-refractivity contribution in [3.63, 3.8) is 0 Å². The number of benzene rings is 2. The van der Waals surface area contributed by atoms with Gasteiger partial charge in [-0.15, -0.1) is 5.10 Å². The van der Waals surface area contributed by atoms with E-state index in [9.17, 15) is 4.79 Å². The maximum absolute atomic E-state index is 12.4. The van der Waals surface area contributed by atoms with E-state index < -0.39 is 0 Å². The normalized spacial score (nSPS) is 11.9. The molecule has 3 aromatic rings. The molecule has 5 nitrogen and oxygen atoms in total. The topological polar surface area (TPSA) is 59.8 Å². The Labute approximate surface area is 141 Å². The zero-order chi connectivity index (χ0) is 16.9. The number of amides is 1. The van der Waals surface area contributed by atoms with Crippen LogP contribution in [0.5, 0.6) is 0 Å². The van der Waals surface area contributed by atoms with Gasteiger partial charge in [-0.25, -0.2) is 9.67 Å². The summed E-state index contributed by atoms with van der Waals surface area (Å²) in [6.45, 7) is 3.99. The Balaban J connectivity index is 2.05. The predicted molar refractivity (Wildman–Crippen MR) is 94.0 cm³/mol. The van der Waals surface area contributed by atoms with Crippen LogP contribution in [0.3, 0.4) is 0 Å². The second-order valence-electron chi connectivity index (χ2n) is 5.66. The van der Waals surface area contributed by atoms with Gasteiger partial charge in [0.1, 0.15) is 0 Å². The van der Waals surface area contributed by atoms with E-state index in [0.717, 1.165) is 17.7 Å². The van der Waals surface area contributed by atoms with Crippen LogP contribution in [0.2, 0.25) is 0 Å². The summed E-state index contributed by atoms with van der Waals surface area (Å²) in [6.07, 6.45) is 0.858. The Morgan fingerprint density at radius 3 is 2.33 bits per heavy atom. The van der Waals surface area contributed by atoms with E-state index in [0.29, 0.717) is 5.82 Å². The van der Waals surface area contributed by atoms with Gasteiger partial charge >= 0.3 is 0 Å². The summed E-state index contributed by atoms with van der Waals surface area (Å²) in [5.41, 5.74) is 1.78. The van der Waals surface area contributed by atoms with Gasteiger partial charge in [0.15, 0.2) is 5.82 Å². The molecule has 1 aromatic heterocycles. The van der Waals surface area contributed by atoms with Crippen molar-refractivity contribution in [2.45, 2.75) is 26.3 Å². The number of aromatic nitrogens is 3. The molecule has 0 aliphatic heterocycles. The largest absolute Gasteiger partial charge is 0.347 e. The van der Waals surface area contributed by atoms with Crippen molar-refractivity contribution in [1.29, 1.82) is 0 Å². The van der Waals surface area contributed by atoms with E-state index in [-0.39, 0.29) is 17.8 Å². The first-order valence-electron chi connectivity index (χ1n) is 8.07. The van der Waals surface area contributed by atoms with E-state index in [2.05, 4.69) is 15.4 Å². The number of rotatable bonds is 5. The van der Waals surface area contributed by atoms with Crippen molar-refractivity contribution < 1.29 is 4.79 Å². The van der Waals surface area contributed by atoms with Crippen LogP contribution < -0.4 is 5.32 Å². The molecule has 0 aliphatic rings. The number of para-hydroxylation sites is 1. The van der Waals surface area contributed by atoms with Gasteiger partial charge in [-0.05, 0) is 25.5 Å². The first kappa shape index (κ1) is 15.9. The van der Waals surface area contributed by atoms with Crippen LogP contribution in [-0.2, 0) is 0 Å². The van der Waals surface area contributed by atoms with Crippen molar-refractivity contribution in [3.05, 3.63) is 66.5 Å². The third-order valence-electron chi connectivity index (χ3n) is 3.83. The summed E-state index contributed by atoms with van der Waals surface area (Å²) in [5, 5.41) is 7.35. The highest BCUT2D eigenvalue weighted by Crippen LogP contribution is 2.20. The Morgan fingerprint density at radius 1 is 1.08 bits per heavy atom. The number of nitrogens with zero attached hydrogens (tertiary/aromatic N) is 3. The molecule has 24 heavy (non-hydrogen) atoms. The highest BCUT2D eigenvalue weighted by molar-refractivity contribution is 5.91. The van der Waals surface area contributed by atoms with Crippen molar-refractivity contribution in [1.82, 2.24) is 20.1 Å². The molecule has 1 heterocycles. The van der Waals surface area contributed by atoms with Crippen LogP contribution in [0, 0.1) is 0 Å². The van der Waals surface area contributed by atoms with Gasteiger partial charge in [0, 0.05) is 11.6 Å². The van der Waals surface area contributed by atoms with Crippen LogP contribution in [0.1, 0.15) is 30.9 Å². The predicted octanol–water partition coefficient (Wildman–Crippen LogP) is 3.46. The van der Waals surface area contributed by atoms with Crippen LogP contribution in [0.25, 0.3) is 17.1 Å². The summed E-state index contributed by atoms with van der Waals surface area (Å²) in [4.78, 5) is 16.9. The fourth-order valence-corrected chi connectivity index (χ4v) is 2.32. The molecule has 0 aliphatic carbocycles. The Morgan fingerprint density at radius 2 is 1.71 bits per heavy atom. The highest BCUT2D eigenvalue weighted by Gasteiger charge is 2.19. The molecule has 0 saturated carbocycles. The van der Waals surface area contributed by atoms with Gasteiger partial charge in [0.2, 0.25) is 5.82 Å². The van der Waals surface area contributed by atoms with Gasteiger partial charge in [0.25, 0.3) is 5.91 Å². The lowest BCUT2D eigenvalue weighted by atomic mass is 10.2. The van der Waals surface area contributed by atoms with Gasteiger partial charge in [-0.3, -0.25) is 4.79 Å². The van der Waals surface area contributed by atoms with Crippen molar-refractivity contribution in [2.24, 2.45) is 0 Å². The molecular weight excluding hydrogens is 300 g/mol. The molecule has 0 fully saturated rings. The fourth-order valence-electron chi connectivity index (χ4n) is 2.32. The zero-order valence-corrected chi connectivity index (χ0v) is 13.8. The summed E-state index contributed by atoms with van der Waals surface area (Å²) >= 11 is 0. The number of hydrogen-bond donors (Lipinski definition) is 1. The fraction of sp³-hybridized carbons (Fsp3) is 0.211. The van der Waals surface area contributed by atoms with Gasteiger partial charge < -0.3 is 5.32 Å². The molecule has 0 spiro atoms. The third kappa shape index (κ3) is 3.35. The van der Waals surface area contributed by atoms with Gasteiger partial charge in [-0.1, -0.05) is 55.5 Å². The minimum atomic E-state index is -0.254. The van der Waals surface area contributed by atoms with E-state index in [1.807, 2.05) is 74.5 Å². The molecule has 0 saturated heterocycles. The molecule has 0 radical (unpaired) electrons. The summed E-state index contributed by atoms with van der Waals surface area (Å²) < 4.78 is 1.71. The molecule has 1 amide bonds. The smallest absolute Gasteiger partial charge is 0.291 e. The Kier molecular flexibility index (Phi) is 4.70. The van der Waals surface area contributed by atoms with Crippen LogP contribution in [0.4, 0.5) is 0 Å². The minimum Gasteiger partial charge on any atom is -0.347 e. The van der Waals surface area contributed by atoms with Crippen LogP contribution >= 0.6 is 0 Å². The average Bonchev–Trinajstić information content (AvgIpc) is 3.08. The first-order valence-corrected chi connectivity index (χ1v) is 8.07. The molecule has 122 valence electrons. The minimum absolute atomic E-state index is 0.0846. The standard InChI is InChI=1S/C19H20N4O/c1-3-14(2)20-19(24)17-21-18(15-10-6-4-7-11-15)23(22-17)16-12-8-5-9-13-16/h4-14H,3H2,1-2H3,(H,20,24). The summed E-state index contributed by atoms with van der Waals surface area (Å²) in [5.74, 6) is 0.574. The Bertz CT molecular complexity index is 755. The SMILES string of the molecule is CCC(C)NC(=O)c1nc(-c2ccccc2)n(-c2ccccc2)n1. The van der Waals surface area contributed by atoms with Gasteiger partial charge in [-0.2, -0.15) is 0 Å². The monoisotopic (exact) mass is 320 g/mol. The molecule has 0 bridgehead atoms. The molecule has 5 heteroatoms. The third-order valence-corrected chi connectivity index (χ3v) is 3.83. The van der Waals surface area contributed by atoms with Crippen molar-refractivity contribution >= 4 is 5.91 Å². The molecule has 1 atom stereocenters. The zero-order valence-electron chi connectivity index (χ0n) is 13.8. The second kappa shape index (κ2) is 7.08. The summed E-state index contributed by atoms with van der Waals surface area (Å²) in [7, 11) is 0. The molecule has 2 aromatic carbocycles. The maximum atomic E-state index is 12.4. The van der Waals surface area contributed by atoms with Crippen molar-refractivity contribution in [3.8, 4) is 17.1 Å². The first-order chi connectivity index (χ1) is 11.7. The molecule has 1 N–H and O–H groups in total. The number of carbonyl (C=O) groups excluding carboxylic acids is 1. The Hall–Kier alpha value is -2.95. The molecule has 3 rings (SSSR count). The number of nitrogens with one attached hydrogen (secondary N) is 1. The number of hydrogen-bond acceptors (Lipinski definition) is 3. The summed E-state index contributed by atoms with van der Waals surface area (Å²) in [6, 6.07) is 19.5. The van der Waals surface area contributed by atoms with E-state index >= 15 is 0 Å². The average molecular weight is 320 g/mol. The lowest BCUT2D eigenvalue weighted by Crippen LogP contribution is -2.32. The lowest BCUT2D eigenvalue weighted by Gasteiger charge is -2.08.